The molecule has 2 saturated heterocycles. The second-order valence-electron chi connectivity index (χ2n) is 11.4. The highest BCUT2D eigenvalue weighted by Crippen LogP contribution is 2.25. The van der Waals surface area contributed by atoms with Gasteiger partial charge < -0.3 is 20.4 Å². The molecule has 0 aromatic heterocycles. The highest BCUT2D eigenvalue weighted by atomic mass is 16.3. The van der Waals surface area contributed by atoms with Crippen LogP contribution in [0.2, 0.25) is 0 Å². The van der Waals surface area contributed by atoms with Gasteiger partial charge in [0.1, 0.15) is 0 Å². The van der Waals surface area contributed by atoms with Gasteiger partial charge in [0.25, 0.3) is 0 Å². The molecular weight excluding hydrogens is 534 g/mol. The van der Waals surface area contributed by atoms with Crippen LogP contribution >= 0.6 is 0 Å². The van der Waals surface area contributed by atoms with Crippen LogP contribution in [0, 0.1) is 11.3 Å². The third-order valence-corrected chi connectivity index (χ3v) is 8.60. The van der Waals surface area contributed by atoms with Gasteiger partial charge in [0.15, 0.2) is 11.5 Å². The Morgan fingerprint density at radius 3 is 2.05 bits per heavy atom. The molecule has 2 heterocycles. The Kier molecular flexibility index (Phi) is 12.9. The average molecular weight is 584 g/mol. The first-order valence-corrected chi connectivity index (χ1v) is 15.2. The standard InChI is InChI=1S/C23H32N4.C13H17NO2/c1-4-19(2)20(3)26-13-15-27(16-14-26)23-9-11-25(12-10-23)18-22-7-5-21(17-24)6-8-22;1-4-9(2)10(3)14-8-11-5-6-12(15)13(16)7-11/h4-8,23H,3,9-16,18H2,1-2H3;4-7,14-16H,3,8H2,1-2H3/b19-4-;9-4+. The molecule has 0 bridgehead atoms. The van der Waals surface area contributed by atoms with E-state index < -0.39 is 0 Å². The molecular formula is C36H49N5O2. The van der Waals surface area contributed by atoms with E-state index >= 15 is 0 Å². The second-order valence-corrected chi connectivity index (χ2v) is 11.4. The number of nitriles is 1. The summed E-state index contributed by atoms with van der Waals surface area (Å²) in [4.78, 5) is 7.67. The lowest BCUT2D eigenvalue weighted by Crippen LogP contribution is -2.52. The smallest absolute Gasteiger partial charge is 0.157 e. The predicted octanol–water partition coefficient (Wildman–Crippen LogP) is 6.29. The van der Waals surface area contributed by atoms with Crippen molar-refractivity contribution in [2.75, 3.05) is 39.3 Å². The highest BCUT2D eigenvalue weighted by molar-refractivity contribution is 5.40. The lowest BCUT2D eigenvalue weighted by molar-refractivity contribution is 0.0686. The highest BCUT2D eigenvalue weighted by Gasteiger charge is 2.27. The van der Waals surface area contributed by atoms with E-state index in [2.05, 4.69) is 71.3 Å². The number of nitrogens with zero attached hydrogens (tertiary/aromatic N) is 4. The molecule has 7 nitrogen and oxygen atoms in total. The Bertz CT molecular complexity index is 1320. The second kappa shape index (κ2) is 16.6. The molecule has 2 aromatic rings. The van der Waals surface area contributed by atoms with E-state index in [1.165, 1.54) is 41.8 Å². The van der Waals surface area contributed by atoms with Crippen LogP contribution < -0.4 is 5.32 Å². The normalized spacial score (nSPS) is 17.0. The maximum Gasteiger partial charge on any atom is 0.157 e. The van der Waals surface area contributed by atoms with Crippen LogP contribution in [0.3, 0.4) is 0 Å². The van der Waals surface area contributed by atoms with Crippen molar-refractivity contribution < 1.29 is 10.2 Å². The van der Waals surface area contributed by atoms with Crippen LogP contribution in [-0.2, 0) is 13.1 Å². The summed E-state index contributed by atoms with van der Waals surface area (Å²) in [6, 6.07) is 15.7. The molecule has 2 fully saturated rings. The Labute approximate surface area is 258 Å². The summed E-state index contributed by atoms with van der Waals surface area (Å²) < 4.78 is 0. The number of likely N-dealkylation sites (tertiary alicyclic amines) is 1. The minimum absolute atomic E-state index is 0.104. The van der Waals surface area contributed by atoms with Crippen molar-refractivity contribution in [3.05, 3.63) is 107 Å². The zero-order valence-corrected chi connectivity index (χ0v) is 26.4. The monoisotopic (exact) mass is 583 g/mol. The summed E-state index contributed by atoms with van der Waals surface area (Å²) in [5.41, 5.74) is 7.36. The van der Waals surface area contributed by atoms with Crippen molar-refractivity contribution in [2.24, 2.45) is 0 Å². The van der Waals surface area contributed by atoms with Gasteiger partial charge in [-0.25, -0.2) is 0 Å². The minimum atomic E-state index is -0.104. The number of piperidine rings is 1. The van der Waals surface area contributed by atoms with Crippen molar-refractivity contribution in [1.29, 1.82) is 5.26 Å². The van der Waals surface area contributed by atoms with Crippen molar-refractivity contribution >= 4 is 0 Å². The summed E-state index contributed by atoms with van der Waals surface area (Å²) in [7, 11) is 0. The molecule has 0 saturated carbocycles. The summed E-state index contributed by atoms with van der Waals surface area (Å²) in [6.07, 6.45) is 6.64. The molecule has 0 aliphatic carbocycles. The number of rotatable bonds is 9. The topological polar surface area (TPSA) is 86.0 Å². The molecule has 4 rings (SSSR count). The Balaban J connectivity index is 0.000000271. The minimum Gasteiger partial charge on any atom is -0.504 e. The van der Waals surface area contributed by atoms with E-state index in [4.69, 9.17) is 10.4 Å². The predicted molar refractivity (Wildman–Crippen MR) is 176 cm³/mol. The molecule has 0 spiro atoms. The van der Waals surface area contributed by atoms with E-state index in [-0.39, 0.29) is 11.5 Å². The van der Waals surface area contributed by atoms with E-state index in [9.17, 15) is 5.11 Å². The number of nitrogens with one attached hydrogen (secondary N) is 1. The molecule has 43 heavy (non-hydrogen) atoms. The quantitative estimate of drug-likeness (QED) is 0.236. The van der Waals surface area contributed by atoms with Gasteiger partial charge >= 0.3 is 0 Å². The van der Waals surface area contributed by atoms with Crippen LogP contribution in [0.1, 0.15) is 57.2 Å². The zero-order valence-electron chi connectivity index (χ0n) is 26.4. The molecule has 0 atom stereocenters. The summed E-state index contributed by atoms with van der Waals surface area (Å²) in [6.45, 7) is 24.7. The number of hydrogen-bond acceptors (Lipinski definition) is 7. The van der Waals surface area contributed by atoms with Crippen molar-refractivity contribution in [3.8, 4) is 17.6 Å². The van der Waals surface area contributed by atoms with E-state index in [0.717, 1.165) is 74.3 Å². The van der Waals surface area contributed by atoms with Crippen molar-refractivity contribution in [2.45, 2.75) is 59.7 Å². The number of aromatic hydroxyl groups is 2. The number of phenols is 2. The largest absolute Gasteiger partial charge is 0.504 e. The maximum absolute atomic E-state index is 9.31. The molecule has 0 amide bonds. The lowest BCUT2D eigenvalue weighted by Gasteiger charge is -2.44. The van der Waals surface area contributed by atoms with Crippen LogP contribution in [0.15, 0.2) is 90.3 Å². The molecule has 0 unspecified atom stereocenters. The molecule has 2 aliphatic heterocycles. The molecule has 2 aliphatic rings. The van der Waals surface area contributed by atoms with Crippen LogP contribution in [0.25, 0.3) is 0 Å². The first-order valence-electron chi connectivity index (χ1n) is 15.2. The van der Waals surface area contributed by atoms with Gasteiger partial charge in [-0.3, -0.25) is 9.80 Å². The lowest BCUT2D eigenvalue weighted by atomic mass is 10.0. The van der Waals surface area contributed by atoms with E-state index in [1.54, 1.807) is 6.07 Å². The van der Waals surface area contributed by atoms with Crippen LogP contribution in [0.5, 0.6) is 11.5 Å². The number of benzene rings is 2. The average Bonchev–Trinajstić information content (AvgIpc) is 3.05. The number of hydrogen-bond donors (Lipinski definition) is 3. The Morgan fingerprint density at radius 2 is 1.49 bits per heavy atom. The Morgan fingerprint density at radius 1 is 0.884 bits per heavy atom. The van der Waals surface area contributed by atoms with Gasteiger partial charge in [0, 0.05) is 56.7 Å². The fraction of sp³-hybridized carbons (Fsp3) is 0.417. The first kappa shape index (κ1) is 33.5. The fourth-order valence-corrected chi connectivity index (χ4v) is 5.36. The summed E-state index contributed by atoms with van der Waals surface area (Å²) in [5.74, 6) is -0.208. The summed E-state index contributed by atoms with van der Waals surface area (Å²) >= 11 is 0. The number of phenolic OH excluding ortho intramolecular Hbond substituents is 2. The van der Waals surface area contributed by atoms with E-state index in [1.807, 2.05) is 32.1 Å². The van der Waals surface area contributed by atoms with Gasteiger partial charge in [-0.2, -0.15) is 5.26 Å². The van der Waals surface area contributed by atoms with Gasteiger partial charge in [-0.05, 0) is 100 Å². The zero-order chi connectivity index (χ0) is 31.4. The van der Waals surface area contributed by atoms with Crippen molar-refractivity contribution in [1.82, 2.24) is 20.0 Å². The van der Waals surface area contributed by atoms with Crippen LogP contribution in [0.4, 0.5) is 0 Å². The molecule has 0 radical (unpaired) electrons. The van der Waals surface area contributed by atoms with Gasteiger partial charge in [-0.1, -0.05) is 43.5 Å². The third-order valence-electron chi connectivity index (χ3n) is 8.60. The molecule has 3 N–H and O–H groups in total. The maximum atomic E-state index is 9.31. The van der Waals surface area contributed by atoms with E-state index in [0.29, 0.717) is 6.54 Å². The SMILES string of the molecule is C=C(/C(C)=C\C)N1CCN(C2CCN(Cc3ccc(C#N)cc3)CC2)CC1.C=C(NCc1ccc(O)c(O)c1)/C(C)=C/C. The van der Waals surface area contributed by atoms with Gasteiger partial charge in [0.2, 0.25) is 0 Å². The fourth-order valence-electron chi connectivity index (χ4n) is 5.36. The van der Waals surface area contributed by atoms with Gasteiger partial charge in [-0.15, -0.1) is 0 Å². The van der Waals surface area contributed by atoms with Crippen molar-refractivity contribution in [3.63, 3.8) is 0 Å². The Hall–Kier alpha value is -3.99. The van der Waals surface area contributed by atoms with Gasteiger partial charge in [0.05, 0.1) is 11.6 Å². The number of piperazine rings is 1. The molecule has 2 aromatic carbocycles. The number of allylic oxidation sites excluding steroid dienone is 4. The summed E-state index contributed by atoms with van der Waals surface area (Å²) in [5, 5.41) is 30.5. The molecule has 7 heteroatoms. The first-order chi connectivity index (χ1) is 20.6. The third kappa shape index (κ3) is 10.1. The molecule has 230 valence electrons. The van der Waals surface area contributed by atoms with Crippen LogP contribution in [-0.4, -0.2) is 70.2 Å².